The molecule has 86 valence electrons. The summed E-state index contributed by atoms with van der Waals surface area (Å²) in [5.74, 6) is 0.607. The molecular formula is C10H19N3O2. The molecule has 3 amide bonds. The molecule has 0 spiro atoms. The number of carbonyl (C=O) groups excluding carboxylic acids is 2. The molecule has 0 radical (unpaired) electrons. The zero-order chi connectivity index (χ0) is 11.3. The fourth-order valence-electron chi connectivity index (χ4n) is 1.85. The molecule has 5 heteroatoms. The summed E-state index contributed by atoms with van der Waals surface area (Å²) in [4.78, 5) is 21.7. The van der Waals surface area contributed by atoms with Crippen molar-refractivity contribution < 1.29 is 9.59 Å². The van der Waals surface area contributed by atoms with Crippen molar-refractivity contribution in [1.29, 1.82) is 0 Å². The van der Waals surface area contributed by atoms with Gasteiger partial charge in [-0.15, -0.1) is 0 Å². The number of primary amides is 1. The Balaban J connectivity index is 2.17. The van der Waals surface area contributed by atoms with Gasteiger partial charge in [0.2, 0.25) is 5.91 Å². The van der Waals surface area contributed by atoms with Crippen molar-refractivity contribution in [2.75, 3.05) is 6.54 Å². The van der Waals surface area contributed by atoms with Gasteiger partial charge in [0.1, 0.15) is 0 Å². The molecule has 0 atom stereocenters. The van der Waals surface area contributed by atoms with Gasteiger partial charge in [-0.1, -0.05) is 6.92 Å². The highest BCUT2D eigenvalue weighted by Gasteiger charge is 2.19. The maximum Gasteiger partial charge on any atom is 0.312 e. The van der Waals surface area contributed by atoms with E-state index in [2.05, 4.69) is 17.6 Å². The second kappa shape index (κ2) is 5.58. The number of nitrogens with one attached hydrogen (secondary N) is 2. The molecule has 1 rings (SSSR count). The van der Waals surface area contributed by atoms with Crippen LogP contribution in [-0.4, -0.2) is 24.5 Å². The molecule has 1 aliphatic rings. The van der Waals surface area contributed by atoms with E-state index in [0.29, 0.717) is 0 Å². The summed E-state index contributed by atoms with van der Waals surface area (Å²) in [5.41, 5.74) is 4.86. The van der Waals surface area contributed by atoms with Gasteiger partial charge in [-0.2, -0.15) is 0 Å². The second-order valence-corrected chi connectivity index (χ2v) is 4.24. The Morgan fingerprint density at radius 1 is 1.27 bits per heavy atom. The molecule has 0 saturated heterocycles. The third-order valence-corrected chi connectivity index (χ3v) is 2.80. The van der Waals surface area contributed by atoms with Crippen molar-refractivity contribution in [3.05, 3.63) is 0 Å². The average molecular weight is 213 g/mol. The Kier molecular flexibility index (Phi) is 4.39. The summed E-state index contributed by atoms with van der Waals surface area (Å²) in [6.45, 7) is 2.20. The first kappa shape index (κ1) is 11.8. The lowest BCUT2D eigenvalue weighted by Crippen LogP contribution is -2.44. The molecule has 1 fully saturated rings. The number of amides is 3. The quantitative estimate of drug-likeness (QED) is 0.632. The van der Waals surface area contributed by atoms with Crippen molar-refractivity contribution in [2.45, 2.75) is 38.6 Å². The first-order valence-corrected chi connectivity index (χ1v) is 5.40. The minimum atomic E-state index is -0.664. The summed E-state index contributed by atoms with van der Waals surface area (Å²) < 4.78 is 0. The minimum Gasteiger partial charge on any atom is -0.352 e. The average Bonchev–Trinajstić information content (AvgIpc) is 2.19. The molecule has 0 bridgehead atoms. The van der Waals surface area contributed by atoms with Crippen molar-refractivity contribution in [3.8, 4) is 0 Å². The topological polar surface area (TPSA) is 84.2 Å². The van der Waals surface area contributed by atoms with Crippen LogP contribution in [0.25, 0.3) is 0 Å². The van der Waals surface area contributed by atoms with Gasteiger partial charge in [-0.3, -0.25) is 4.79 Å². The number of urea groups is 1. The van der Waals surface area contributed by atoms with E-state index in [1.165, 1.54) is 0 Å². The predicted molar refractivity (Wildman–Crippen MR) is 57.1 cm³/mol. The van der Waals surface area contributed by atoms with Crippen LogP contribution in [0.3, 0.4) is 0 Å². The normalized spacial score (nSPS) is 25.7. The number of hydrogen-bond acceptors (Lipinski definition) is 2. The third-order valence-electron chi connectivity index (χ3n) is 2.80. The zero-order valence-electron chi connectivity index (χ0n) is 9.08. The molecule has 1 aliphatic carbocycles. The van der Waals surface area contributed by atoms with E-state index in [1.807, 2.05) is 0 Å². The van der Waals surface area contributed by atoms with Crippen LogP contribution < -0.4 is 16.4 Å². The van der Waals surface area contributed by atoms with Crippen LogP contribution >= 0.6 is 0 Å². The Labute approximate surface area is 89.8 Å². The van der Waals surface area contributed by atoms with Crippen molar-refractivity contribution in [3.63, 3.8) is 0 Å². The number of carbonyl (C=O) groups is 2. The fraction of sp³-hybridized carbons (Fsp3) is 0.800. The standard InChI is InChI=1S/C10H19N3O2/c1-7-2-4-8(5-3-7)13-9(14)6-12-10(11)15/h7-8H,2-6H2,1H3,(H,13,14)(H3,11,12,15). The molecule has 0 aromatic carbocycles. The highest BCUT2D eigenvalue weighted by molar-refractivity contribution is 5.83. The molecule has 4 N–H and O–H groups in total. The summed E-state index contributed by atoms with van der Waals surface area (Å²) in [5, 5.41) is 5.16. The van der Waals surface area contributed by atoms with Gasteiger partial charge < -0.3 is 16.4 Å². The van der Waals surface area contributed by atoms with Crippen LogP contribution in [0.1, 0.15) is 32.6 Å². The van der Waals surface area contributed by atoms with Gasteiger partial charge in [0, 0.05) is 6.04 Å². The SMILES string of the molecule is CC1CCC(NC(=O)CNC(N)=O)CC1. The lowest BCUT2D eigenvalue weighted by molar-refractivity contribution is -0.121. The maximum absolute atomic E-state index is 11.3. The first-order chi connectivity index (χ1) is 7.08. The van der Waals surface area contributed by atoms with E-state index in [9.17, 15) is 9.59 Å². The van der Waals surface area contributed by atoms with Crippen LogP contribution in [0.2, 0.25) is 0 Å². The minimum absolute atomic E-state index is 0.0264. The lowest BCUT2D eigenvalue weighted by Gasteiger charge is -2.26. The Bertz CT molecular complexity index is 235. The fourth-order valence-corrected chi connectivity index (χ4v) is 1.85. The van der Waals surface area contributed by atoms with Crippen LogP contribution in [0.4, 0.5) is 4.79 Å². The molecule has 15 heavy (non-hydrogen) atoms. The largest absolute Gasteiger partial charge is 0.352 e. The lowest BCUT2D eigenvalue weighted by atomic mass is 9.87. The van der Waals surface area contributed by atoms with E-state index >= 15 is 0 Å². The molecule has 0 heterocycles. The van der Waals surface area contributed by atoms with Crippen molar-refractivity contribution >= 4 is 11.9 Å². The summed E-state index contributed by atoms with van der Waals surface area (Å²) in [7, 11) is 0. The molecular weight excluding hydrogens is 194 g/mol. The van der Waals surface area contributed by atoms with Crippen LogP contribution in [0.5, 0.6) is 0 Å². The van der Waals surface area contributed by atoms with Gasteiger partial charge in [0.15, 0.2) is 0 Å². The summed E-state index contributed by atoms with van der Waals surface area (Å²) in [6.07, 6.45) is 4.38. The van der Waals surface area contributed by atoms with E-state index in [4.69, 9.17) is 5.73 Å². The molecule has 0 aromatic heterocycles. The van der Waals surface area contributed by atoms with Gasteiger partial charge in [0.25, 0.3) is 0 Å². The van der Waals surface area contributed by atoms with Crippen LogP contribution in [-0.2, 0) is 4.79 Å². The highest BCUT2D eigenvalue weighted by Crippen LogP contribution is 2.23. The van der Waals surface area contributed by atoms with Gasteiger partial charge >= 0.3 is 6.03 Å². The summed E-state index contributed by atoms with van der Waals surface area (Å²) in [6, 6.07) is -0.397. The van der Waals surface area contributed by atoms with E-state index in [0.717, 1.165) is 31.6 Å². The van der Waals surface area contributed by atoms with E-state index in [1.54, 1.807) is 0 Å². The third kappa shape index (κ3) is 4.67. The van der Waals surface area contributed by atoms with Crippen LogP contribution in [0, 0.1) is 5.92 Å². The first-order valence-electron chi connectivity index (χ1n) is 5.40. The van der Waals surface area contributed by atoms with Crippen LogP contribution in [0.15, 0.2) is 0 Å². The molecule has 1 saturated carbocycles. The molecule has 0 unspecified atom stereocenters. The molecule has 0 aliphatic heterocycles. The smallest absolute Gasteiger partial charge is 0.312 e. The monoisotopic (exact) mass is 213 g/mol. The Morgan fingerprint density at radius 2 is 1.87 bits per heavy atom. The number of nitrogens with two attached hydrogens (primary N) is 1. The van der Waals surface area contributed by atoms with Crippen molar-refractivity contribution in [2.24, 2.45) is 11.7 Å². The van der Waals surface area contributed by atoms with E-state index < -0.39 is 6.03 Å². The number of hydrogen-bond donors (Lipinski definition) is 3. The zero-order valence-corrected chi connectivity index (χ0v) is 9.08. The Morgan fingerprint density at radius 3 is 2.40 bits per heavy atom. The van der Waals surface area contributed by atoms with Gasteiger partial charge in [0.05, 0.1) is 6.54 Å². The van der Waals surface area contributed by atoms with Gasteiger partial charge in [-0.05, 0) is 31.6 Å². The van der Waals surface area contributed by atoms with Crippen molar-refractivity contribution in [1.82, 2.24) is 10.6 Å². The highest BCUT2D eigenvalue weighted by atomic mass is 16.2. The second-order valence-electron chi connectivity index (χ2n) is 4.24. The predicted octanol–water partition coefficient (Wildman–Crippen LogP) is 0.350. The molecule has 5 nitrogen and oxygen atoms in total. The number of rotatable bonds is 3. The summed E-state index contributed by atoms with van der Waals surface area (Å²) >= 11 is 0. The van der Waals surface area contributed by atoms with Gasteiger partial charge in [-0.25, -0.2) is 4.79 Å². The van der Waals surface area contributed by atoms with E-state index in [-0.39, 0.29) is 18.5 Å². The maximum atomic E-state index is 11.3. The molecule has 0 aromatic rings. The Hall–Kier alpha value is -1.26.